The third-order valence-corrected chi connectivity index (χ3v) is 2.73. The third kappa shape index (κ3) is 3.71. The van der Waals surface area contributed by atoms with Crippen molar-refractivity contribution in [2.45, 2.75) is 32.9 Å². The van der Waals surface area contributed by atoms with Crippen LogP contribution in [0.2, 0.25) is 0 Å². The number of nitrogens with zero attached hydrogens (tertiary/aromatic N) is 3. The first-order chi connectivity index (χ1) is 8.08. The van der Waals surface area contributed by atoms with E-state index >= 15 is 0 Å². The van der Waals surface area contributed by atoms with Crippen molar-refractivity contribution in [1.82, 2.24) is 9.88 Å². The van der Waals surface area contributed by atoms with E-state index in [1.165, 1.54) is 0 Å². The van der Waals surface area contributed by atoms with Gasteiger partial charge in [0.05, 0.1) is 11.7 Å². The van der Waals surface area contributed by atoms with Crippen LogP contribution in [0.25, 0.3) is 0 Å². The zero-order valence-electron chi connectivity index (χ0n) is 10.6. The van der Waals surface area contributed by atoms with Gasteiger partial charge in [0.2, 0.25) is 0 Å². The predicted molar refractivity (Wildman–Crippen MR) is 67.9 cm³/mol. The normalized spacial score (nSPS) is 14.0. The zero-order chi connectivity index (χ0) is 12.8. The lowest BCUT2D eigenvalue weighted by Crippen LogP contribution is -2.42. The molecule has 1 atom stereocenters. The number of nitrogens with two attached hydrogens (primary N) is 1. The van der Waals surface area contributed by atoms with Gasteiger partial charge in [-0.3, -0.25) is 9.88 Å². The summed E-state index contributed by atoms with van der Waals surface area (Å²) in [5.74, 6) is 0.239. The highest BCUT2D eigenvalue weighted by molar-refractivity contribution is 5.85. The van der Waals surface area contributed by atoms with Crippen molar-refractivity contribution in [2.75, 3.05) is 7.05 Å². The SMILES string of the molecule is CCC(C(N)=NO)N(C)Cc1cccc(C)n1. The Morgan fingerprint density at radius 1 is 1.59 bits per heavy atom. The highest BCUT2D eigenvalue weighted by Crippen LogP contribution is 2.08. The van der Waals surface area contributed by atoms with Gasteiger partial charge in [0.1, 0.15) is 0 Å². The van der Waals surface area contributed by atoms with E-state index in [9.17, 15) is 0 Å². The van der Waals surface area contributed by atoms with Crippen LogP contribution in [0.3, 0.4) is 0 Å². The molecule has 1 aromatic heterocycles. The molecule has 0 aromatic carbocycles. The molecule has 0 fully saturated rings. The number of aryl methyl sites for hydroxylation is 1. The summed E-state index contributed by atoms with van der Waals surface area (Å²) in [4.78, 5) is 6.45. The van der Waals surface area contributed by atoms with Gasteiger partial charge in [-0.2, -0.15) is 0 Å². The number of amidine groups is 1. The van der Waals surface area contributed by atoms with Crippen LogP contribution in [-0.4, -0.2) is 34.0 Å². The Morgan fingerprint density at radius 3 is 2.82 bits per heavy atom. The maximum absolute atomic E-state index is 8.72. The second-order valence-electron chi connectivity index (χ2n) is 4.13. The summed E-state index contributed by atoms with van der Waals surface area (Å²) < 4.78 is 0. The van der Waals surface area contributed by atoms with Crippen molar-refractivity contribution in [2.24, 2.45) is 10.9 Å². The van der Waals surface area contributed by atoms with Crippen molar-refractivity contribution >= 4 is 5.84 Å². The first-order valence-corrected chi connectivity index (χ1v) is 5.68. The fourth-order valence-corrected chi connectivity index (χ4v) is 1.87. The Kier molecular flexibility index (Phi) is 4.90. The summed E-state index contributed by atoms with van der Waals surface area (Å²) in [6.45, 7) is 4.64. The van der Waals surface area contributed by atoms with Crippen molar-refractivity contribution < 1.29 is 5.21 Å². The molecule has 94 valence electrons. The molecular weight excluding hydrogens is 216 g/mol. The summed E-state index contributed by atoms with van der Waals surface area (Å²) in [5.41, 5.74) is 7.63. The molecule has 0 spiro atoms. The minimum atomic E-state index is -0.0673. The quantitative estimate of drug-likeness (QED) is 0.350. The number of aromatic nitrogens is 1. The molecule has 0 bridgehead atoms. The average molecular weight is 236 g/mol. The highest BCUT2D eigenvalue weighted by atomic mass is 16.4. The molecule has 1 unspecified atom stereocenters. The van der Waals surface area contributed by atoms with Gasteiger partial charge in [-0.1, -0.05) is 18.1 Å². The lowest BCUT2D eigenvalue weighted by Gasteiger charge is -2.25. The predicted octanol–water partition coefficient (Wildman–Crippen LogP) is 1.35. The maximum Gasteiger partial charge on any atom is 0.156 e. The number of hydrogen-bond acceptors (Lipinski definition) is 4. The van der Waals surface area contributed by atoms with E-state index in [-0.39, 0.29) is 11.9 Å². The second kappa shape index (κ2) is 6.20. The fourth-order valence-electron chi connectivity index (χ4n) is 1.87. The Bertz CT molecular complexity index is 392. The molecule has 0 aliphatic heterocycles. The molecule has 0 saturated carbocycles. The van der Waals surface area contributed by atoms with Crippen molar-refractivity contribution in [3.05, 3.63) is 29.6 Å². The van der Waals surface area contributed by atoms with Gasteiger partial charge in [0.15, 0.2) is 5.84 Å². The average Bonchev–Trinajstić information content (AvgIpc) is 2.29. The van der Waals surface area contributed by atoms with Gasteiger partial charge in [-0.25, -0.2) is 0 Å². The largest absolute Gasteiger partial charge is 0.409 e. The fraction of sp³-hybridized carbons (Fsp3) is 0.500. The smallest absolute Gasteiger partial charge is 0.156 e. The molecule has 0 radical (unpaired) electrons. The summed E-state index contributed by atoms with van der Waals surface area (Å²) >= 11 is 0. The monoisotopic (exact) mass is 236 g/mol. The molecule has 1 heterocycles. The van der Waals surface area contributed by atoms with E-state index in [0.29, 0.717) is 6.54 Å². The molecule has 17 heavy (non-hydrogen) atoms. The van der Waals surface area contributed by atoms with Gasteiger partial charge >= 0.3 is 0 Å². The molecule has 0 aliphatic carbocycles. The maximum atomic E-state index is 8.72. The Hall–Kier alpha value is -1.62. The number of pyridine rings is 1. The minimum absolute atomic E-state index is 0.0673. The summed E-state index contributed by atoms with van der Waals surface area (Å²) in [5, 5.41) is 11.8. The van der Waals surface area contributed by atoms with Crippen LogP contribution in [0.4, 0.5) is 0 Å². The second-order valence-corrected chi connectivity index (χ2v) is 4.13. The number of hydrogen-bond donors (Lipinski definition) is 2. The molecule has 1 rings (SSSR count). The zero-order valence-corrected chi connectivity index (χ0v) is 10.6. The standard InChI is InChI=1S/C12H20N4O/c1-4-11(12(13)15-17)16(3)8-10-7-5-6-9(2)14-10/h5-7,11,17H,4,8H2,1-3H3,(H2,13,15). The number of likely N-dealkylation sites (N-methyl/N-ethyl adjacent to an activating group) is 1. The minimum Gasteiger partial charge on any atom is -0.409 e. The number of rotatable bonds is 5. The van der Waals surface area contributed by atoms with Gasteiger partial charge < -0.3 is 10.9 Å². The van der Waals surface area contributed by atoms with Crippen LogP contribution in [0.1, 0.15) is 24.7 Å². The summed E-state index contributed by atoms with van der Waals surface area (Å²) in [7, 11) is 1.94. The topological polar surface area (TPSA) is 74.7 Å². The van der Waals surface area contributed by atoms with Gasteiger partial charge in [-0.15, -0.1) is 0 Å². The highest BCUT2D eigenvalue weighted by Gasteiger charge is 2.17. The van der Waals surface area contributed by atoms with Crippen molar-refractivity contribution in [3.63, 3.8) is 0 Å². The Labute approximate surface area is 102 Å². The van der Waals surface area contributed by atoms with E-state index in [2.05, 4.69) is 10.1 Å². The summed E-state index contributed by atoms with van der Waals surface area (Å²) in [6.07, 6.45) is 0.790. The third-order valence-electron chi connectivity index (χ3n) is 2.73. The molecule has 3 N–H and O–H groups in total. The first kappa shape index (κ1) is 13.4. The molecular formula is C12H20N4O. The van der Waals surface area contributed by atoms with Gasteiger partial charge in [0, 0.05) is 12.2 Å². The lowest BCUT2D eigenvalue weighted by atomic mass is 10.1. The molecule has 5 heteroatoms. The van der Waals surface area contributed by atoms with Crippen LogP contribution in [0, 0.1) is 6.92 Å². The van der Waals surface area contributed by atoms with E-state index in [0.717, 1.165) is 17.8 Å². The van der Waals surface area contributed by atoms with E-state index < -0.39 is 0 Å². The van der Waals surface area contributed by atoms with Crippen molar-refractivity contribution in [3.8, 4) is 0 Å². The molecule has 0 saturated heterocycles. The van der Waals surface area contributed by atoms with Crippen LogP contribution in [-0.2, 0) is 6.54 Å². The van der Waals surface area contributed by atoms with Crippen LogP contribution < -0.4 is 5.73 Å². The lowest BCUT2D eigenvalue weighted by molar-refractivity contribution is 0.262. The van der Waals surface area contributed by atoms with E-state index in [4.69, 9.17) is 10.9 Å². The molecule has 0 amide bonds. The molecule has 1 aromatic rings. The Balaban J connectivity index is 2.73. The Morgan fingerprint density at radius 2 is 2.29 bits per heavy atom. The number of oxime groups is 1. The first-order valence-electron chi connectivity index (χ1n) is 5.68. The molecule has 5 nitrogen and oxygen atoms in total. The van der Waals surface area contributed by atoms with Crippen molar-refractivity contribution in [1.29, 1.82) is 0 Å². The van der Waals surface area contributed by atoms with E-state index in [1.807, 2.05) is 44.0 Å². The van der Waals surface area contributed by atoms with Crippen LogP contribution >= 0.6 is 0 Å². The van der Waals surface area contributed by atoms with Gasteiger partial charge in [0.25, 0.3) is 0 Å². The van der Waals surface area contributed by atoms with Crippen LogP contribution in [0.5, 0.6) is 0 Å². The van der Waals surface area contributed by atoms with E-state index in [1.54, 1.807) is 0 Å². The molecule has 0 aliphatic rings. The van der Waals surface area contributed by atoms with Crippen LogP contribution in [0.15, 0.2) is 23.4 Å². The van der Waals surface area contributed by atoms with Gasteiger partial charge in [-0.05, 0) is 32.5 Å². The summed E-state index contributed by atoms with van der Waals surface area (Å²) in [6, 6.07) is 5.85.